The van der Waals surface area contributed by atoms with Crippen LogP contribution in [-0.4, -0.2) is 24.2 Å². The van der Waals surface area contributed by atoms with E-state index in [9.17, 15) is 4.79 Å². The van der Waals surface area contributed by atoms with Crippen molar-refractivity contribution in [1.29, 1.82) is 0 Å². The van der Waals surface area contributed by atoms with Crippen molar-refractivity contribution in [2.24, 2.45) is 0 Å². The number of rotatable bonds is 19. The Labute approximate surface area is 170 Å². The highest BCUT2D eigenvalue weighted by atomic mass is 16.4. The second kappa shape index (κ2) is 30.1. The van der Waals surface area contributed by atoms with E-state index in [4.69, 9.17) is 5.11 Å². The van der Waals surface area contributed by atoms with Crippen LogP contribution >= 0.6 is 0 Å². The summed E-state index contributed by atoms with van der Waals surface area (Å²) in [6.07, 6.45) is 23.1. The van der Waals surface area contributed by atoms with E-state index in [2.05, 4.69) is 19.2 Å². The Balaban J connectivity index is -0.000000844. The Bertz CT molecular complexity index is 243. The molecule has 0 aliphatic carbocycles. The molecule has 0 rings (SSSR count). The van der Waals surface area contributed by atoms with Gasteiger partial charge in [-0.05, 0) is 25.9 Å². The lowest BCUT2D eigenvalue weighted by Crippen LogP contribution is -2.16. The van der Waals surface area contributed by atoms with E-state index in [1.807, 2.05) is 0 Å². The third-order valence-corrected chi connectivity index (χ3v) is 4.72. The van der Waals surface area contributed by atoms with Crippen LogP contribution in [0.3, 0.4) is 0 Å². The monoisotopic (exact) mass is 388 g/mol. The molecule has 0 aromatic carbocycles. The predicted molar refractivity (Wildman–Crippen MR) is 121 cm³/mol. The molecule has 4 heteroatoms. The van der Waals surface area contributed by atoms with Gasteiger partial charge in [0.05, 0.1) is 0 Å². The average molecular weight is 389 g/mol. The van der Waals surface area contributed by atoms with E-state index in [-0.39, 0.29) is 12.6 Å². The van der Waals surface area contributed by atoms with E-state index in [1.54, 1.807) is 6.92 Å². The number of hydrogen-bond donors (Lipinski definition) is 3. The molecule has 5 N–H and O–H groups in total. The smallest absolute Gasteiger partial charge is 0.303 e. The van der Waals surface area contributed by atoms with Gasteiger partial charge in [-0.1, -0.05) is 111 Å². The Morgan fingerprint density at radius 3 is 1.11 bits per heavy atom. The third kappa shape index (κ3) is 36.9. The first-order valence-electron chi connectivity index (χ1n) is 11.6. The fourth-order valence-electron chi connectivity index (χ4n) is 2.89. The lowest BCUT2D eigenvalue weighted by molar-refractivity contribution is -0.136. The van der Waals surface area contributed by atoms with Crippen molar-refractivity contribution >= 4 is 5.97 Å². The summed E-state index contributed by atoms with van der Waals surface area (Å²) in [6.45, 7) is 8.66. The van der Waals surface area contributed by atoms with Gasteiger partial charge >= 0.3 is 5.97 Å². The summed E-state index contributed by atoms with van der Waals surface area (Å²) < 4.78 is 0. The maximum Gasteiger partial charge on any atom is 0.303 e. The Hall–Kier alpha value is -0.610. The van der Waals surface area contributed by atoms with Crippen molar-refractivity contribution in [1.82, 2.24) is 11.5 Å². The van der Waals surface area contributed by atoms with Gasteiger partial charge in [0.15, 0.2) is 0 Å². The van der Waals surface area contributed by atoms with Crippen LogP contribution in [0.25, 0.3) is 0 Å². The van der Waals surface area contributed by atoms with Crippen LogP contribution in [0.2, 0.25) is 0 Å². The van der Waals surface area contributed by atoms with Crippen molar-refractivity contribution in [2.75, 3.05) is 13.1 Å². The molecular formula is C23H52N2O2. The van der Waals surface area contributed by atoms with Gasteiger partial charge in [-0.2, -0.15) is 0 Å². The highest BCUT2D eigenvalue weighted by Crippen LogP contribution is 2.09. The number of unbranched alkanes of at least 4 members (excludes halogenated alkanes) is 14. The lowest BCUT2D eigenvalue weighted by Gasteiger charge is -2.05. The van der Waals surface area contributed by atoms with Crippen molar-refractivity contribution < 1.29 is 9.90 Å². The molecule has 27 heavy (non-hydrogen) atoms. The van der Waals surface area contributed by atoms with E-state index in [1.165, 1.54) is 116 Å². The van der Waals surface area contributed by atoms with Crippen LogP contribution in [0.5, 0.6) is 0 Å². The zero-order valence-electron chi connectivity index (χ0n) is 19.0. The normalized spacial score (nSPS) is 10.0. The summed E-state index contributed by atoms with van der Waals surface area (Å²) in [5, 5.41) is 11.3. The highest BCUT2D eigenvalue weighted by molar-refractivity contribution is 5.66. The minimum Gasteiger partial charge on any atom is -0.481 e. The number of hydrogen-bond acceptors (Lipinski definition) is 3. The molecule has 0 aliphatic heterocycles. The van der Waals surface area contributed by atoms with Crippen LogP contribution < -0.4 is 11.5 Å². The molecule has 0 atom stereocenters. The Morgan fingerprint density at radius 1 is 0.593 bits per heavy atom. The lowest BCUT2D eigenvalue weighted by atomic mass is 10.1. The second-order valence-corrected chi connectivity index (χ2v) is 7.45. The summed E-state index contributed by atoms with van der Waals surface area (Å²) in [5.41, 5.74) is 0. The molecule has 0 spiro atoms. The van der Waals surface area contributed by atoms with Gasteiger partial charge < -0.3 is 16.6 Å². The van der Waals surface area contributed by atoms with Gasteiger partial charge in [-0.25, -0.2) is 0 Å². The Morgan fingerprint density at radius 2 is 0.852 bits per heavy atom. The minimum atomic E-state index is -0.745. The molecule has 0 aliphatic rings. The van der Waals surface area contributed by atoms with Crippen LogP contribution in [0.4, 0.5) is 0 Å². The van der Waals surface area contributed by atoms with E-state index in [0.717, 1.165) is 0 Å². The first kappa shape index (κ1) is 31.1. The maximum atomic E-state index is 9.37. The number of carboxylic acids is 1. The zero-order valence-corrected chi connectivity index (χ0v) is 19.0. The van der Waals surface area contributed by atoms with Crippen molar-refractivity contribution in [3.63, 3.8) is 0 Å². The molecule has 0 heterocycles. The largest absolute Gasteiger partial charge is 0.481 e. The summed E-state index contributed by atoms with van der Waals surface area (Å²) in [4.78, 5) is 9.37. The zero-order chi connectivity index (χ0) is 19.7. The predicted octanol–water partition coefficient (Wildman–Crippen LogP) is 7.50. The summed E-state index contributed by atoms with van der Waals surface area (Å²) >= 11 is 0. The second-order valence-electron chi connectivity index (χ2n) is 7.45. The molecule has 0 fully saturated rings. The molecule has 0 bridgehead atoms. The molecule has 0 saturated heterocycles. The van der Waals surface area contributed by atoms with E-state index in [0.29, 0.717) is 0 Å². The molecule has 166 valence electrons. The number of carbonyl (C=O) groups is 1. The SMILES string of the molecule is CCC(=O)O.CCCCCCCCCCNCCCCCCCCCC.N. The van der Waals surface area contributed by atoms with Crippen LogP contribution in [0.1, 0.15) is 130 Å². The molecule has 0 aromatic rings. The molecule has 0 aromatic heterocycles. The molecule has 0 radical (unpaired) electrons. The van der Waals surface area contributed by atoms with Crippen molar-refractivity contribution in [3.05, 3.63) is 0 Å². The molecule has 0 amide bonds. The molecule has 0 unspecified atom stereocenters. The van der Waals surface area contributed by atoms with Gasteiger partial charge in [0, 0.05) is 6.42 Å². The van der Waals surface area contributed by atoms with E-state index >= 15 is 0 Å². The first-order chi connectivity index (χ1) is 12.7. The van der Waals surface area contributed by atoms with E-state index < -0.39 is 5.97 Å². The van der Waals surface area contributed by atoms with Crippen LogP contribution in [-0.2, 0) is 4.79 Å². The van der Waals surface area contributed by atoms with Gasteiger partial charge in [-0.3, -0.25) is 4.79 Å². The van der Waals surface area contributed by atoms with Crippen molar-refractivity contribution in [3.8, 4) is 0 Å². The maximum absolute atomic E-state index is 9.37. The number of aliphatic carboxylic acids is 1. The van der Waals surface area contributed by atoms with Gasteiger partial charge in [-0.15, -0.1) is 0 Å². The third-order valence-electron chi connectivity index (χ3n) is 4.72. The first-order valence-corrected chi connectivity index (χ1v) is 11.6. The van der Waals surface area contributed by atoms with Gasteiger partial charge in [0.1, 0.15) is 0 Å². The number of carboxylic acid groups (broad SMARTS) is 1. The standard InChI is InChI=1S/C20H43N.C3H6O2.H3N/c1-3-5-7-9-11-13-15-17-19-21-20-18-16-14-12-10-8-6-4-2;1-2-3(4)5;/h21H,3-20H2,1-2H3;2H2,1H3,(H,4,5);1H3. The molecule has 0 saturated carbocycles. The van der Waals surface area contributed by atoms with Gasteiger partial charge in [0.25, 0.3) is 0 Å². The fraction of sp³-hybridized carbons (Fsp3) is 0.957. The summed E-state index contributed by atoms with van der Waals surface area (Å²) in [5.74, 6) is -0.745. The number of nitrogens with one attached hydrogen (secondary N) is 1. The van der Waals surface area contributed by atoms with Crippen LogP contribution in [0, 0.1) is 0 Å². The highest BCUT2D eigenvalue weighted by Gasteiger charge is 1.93. The Kier molecular flexibility index (Phi) is 34.7. The fourth-order valence-corrected chi connectivity index (χ4v) is 2.89. The average Bonchev–Trinajstić information content (AvgIpc) is 2.64. The quantitative estimate of drug-likeness (QED) is 0.200. The van der Waals surface area contributed by atoms with Crippen molar-refractivity contribution in [2.45, 2.75) is 130 Å². The van der Waals surface area contributed by atoms with Crippen LogP contribution in [0.15, 0.2) is 0 Å². The summed E-state index contributed by atoms with van der Waals surface area (Å²) in [7, 11) is 0. The topological polar surface area (TPSA) is 84.3 Å². The minimum absolute atomic E-state index is 0. The molecular weight excluding hydrogens is 336 g/mol. The molecule has 4 nitrogen and oxygen atoms in total. The van der Waals surface area contributed by atoms with Gasteiger partial charge in [0.2, 0.25) is 0 Å². The summed E-state index contributed by atoms with van der Waals surface area (Å²) in [6, 6.07) is 0.